The van der Waals surface area contributed by atoms with Crippen molar-refractivity contribution in [2.75, 3.05) is 0 Å². The lowest BCUT2D eigenvalue weighted by molar-refractivity contribution is -0.148. The number of phenols is 1. The van der Waals surface area contributed by atoms with E-state index in [9.17, 15) is 14.0 Å². The molecule has 1 unspecified atom stereocenters. The SMILES string of the molecule is CC(C)N(C=O)C(C(=O)O)c1ccc(O)c(F)c1. The van der Waals surface area contributed by atoms with E-state index in [1.54, 1.807) is 13.8 Å². The van der Waals surface area contributed by atoms with Crippen LogP contribution in [0.3, 0.4) is 0 Å². The van der Waals surface area contributed by atoms with E-state index in [-0.39, 0.29) is 11.6 Å². The summed E-state index contributed by atoms with van der Waals surface area (Å²) in [6.45, 7) is 3.31. The molecule has 1 amide bonds. The number of phenolic OH excluding ortho intramolecular Hbond substituents is 1. The first kappa shape index (κ1) is 14.0. The minimum Gasteiger partial charge on any atom is -0.505 e. The first-order valence-corrected chi connectivity index (χ1v) is 5.32. The fourth-order valence-electron chi connectivity index (χ4n) is 1.62. The molecule has 0 saturated heterocycles. The van der Waals surface area contributed by atoms with Crippen LogP contribution < -0.4 is 0 Å². The highest BCUT2D eigenvalue weighted by atomic mass is 19.1. The highest BCUT2D eigenvalue weighted by Crippen LogP contribution is 2.26. The van der Waals surface area contributed by atoms with E-state index in [1.165, 1.54) is 6.07 Å². The first-order valence-electron chi connectivity index (χ1n) is 5.32. The summed E-state index contributed by atoms with van der Waals surface area (Å²) in [5.41, 5.74) is 0.0959. The van der Waals surface area contributed by atoms with E-state index >= 15 is 0 Å². The zero-order valence-electron chi connectivity index (χ0n) is 10.0. The molecule has 0 spiro atoms. The average molecular weight is 255 g/mol. The maximum absolute atomic E-state index is 13.2. The molecule has 0 aliphatic rings. The Bertz CT molecular complexity index is 461. The molecule has 0 heterocycles. The summed E-state index contributed by atoms with van der Waals surface area (Å²) in [6.07, 6.45) is 0.411. The second-order valence-electron chi connectivity index (χ2n) is 4.10. The predicted molar refractivity (Wildman–Crippen MR) is 61.5 cm³/mol. The number of halogens is 1. The number of aromatic hydroxyl groups is 1. The molecule has 0 fully saturated rings. The molecule has 0 aliphatic carbocycles. The highest BCUT2D eigenvalue weighted by Gasteiger charge is 2.28. The Morgan fingerprint density at radius 3 is 2.44 bits per heavy atom. The Labute approximate surface area is 103 Å². The van der Waals surface area contributed by atoms with Crippen molar-refractivity contribution in [3.8, 4) is 5.75 Å². The Balaban J connectivity index is 3.23. The zero-order chi connectivity index (χ0) is 13.9. The van der Waals surface area contributed by atoms with Gasteiger partial charge in [-0.15, -0.1) is 0 Å². The summed E-state index contributed by atoms with van der Waals surface area (Å²) < 4.78 is 13.2. The molecule has 18 heavy (non-hydrogen) atoms. The van der Waals surface area contributed by atoms with Crippen molar-refractivity contribution in [3.05, 3.63) is 29.6 Å². The van der Waals surface area contributed by atoms with Gasteiger partial charge in [-0.3, -0.25) is 4.79 Å². The zero-order valence-corrected chi connectivity index (χ0v) is 10.0. The number of amides is 1. The van der Waals surface area contributed by atoms with E-state index in [0.29, 0.717) is 6.41 Å². The molecule has 1 rings (SSSR count). The number of rotatable bonds is 5. The predicted octanol–water partition coefficient (Wildman–Crippen LogP) is 1.52. The molecule has 0 radical (unpaired) electrons. The van der Waals surface area contributed by atoms with Crippen LogP contribution in [0.25, 0.3) is 0 Å². The Morgan fingerprint density at radius 1 is 1.44 bits per heavy atom. The quantitative estimate of drug-likeness (QED) is 0.782. The summed E-state index contributed by atoms with van der Waals surface area (Å²) in [5, 5.41) is 18.2. The van der Waals surface area contributed by atoms with Gasteiger partial charge in [-0.05, 0) is 31.5 Å². The van der Waals surface area contributed by atoms with Crippen LogP contribution >= 0.6 is 0 Å². The summed E-state index contributed by atoms with van der Waals surface area (Å²) >= 11 is 0. The molecule has 0 aromatic heterocycles. The minimum absolute atomic E-state index is 0.0959. The lowest BCUT2D eigenvalue weighted by atomic mass is 10.0. The van der Waals surface area contributed by atoms with Crippen LogP contribution in [0, 0.1) is 5.82 Å². The van der Waals surface area contributed by atoms with Crippen LogP contribution in [0.15, 0.2) is 18.2 Å². The third-order valence-electron chi connectivity index (χ3n) is 2.54. The first-order chi connectivity index (χ1) is 8.38. The van der Waals surface area contributed by atoms with E-state index in [2.05, 4.69) is 0 Å². The van der Waals surface area contributed by atoms with Crippen molar-refractivity contribution >= 4 is 12.4 Å². The van der Waals surface area contributed by atoms with Gasteiger partial charge in [0.2, 0.25) is 6.41 Å². The molecule has 1 aromatic rings. The van der Waals surface area contributed by atoms with Gasteiger partial charge in [0.15, 0.2) is 17.6 Å². The third kappa shape index (κ3) is 2.77. The van der Waals surface area contributed by atoms with Gasteiger partial charge in [0.05, 0.1) is 0 Å². The van der Waals surface area contributed by atoms with Crippen molar-refractivity contribution in [1.82, 2.24) is 4.90 Å². The van der Waals surface area contributed by atoms with E-state index < -0.39 is 23.6 Å². The number of aliphatic carboxylic acids is 1. The molecule has 98 valence electrons. The monoisotopic (exact) mass is 255 g/mol. The number of carboxylic acids is 1. The molecule has 0 aliphatic heterocycles. The van der Waals surface area contributed by atoms with Gasteiger partial charge >= 0.3 is 5.97 Å². The topological polar surface area (TPSA) is 77.8 Å². The van der Waals surface area contributed by atoms with Gasteiger partial charge in [-0.1, -0.05) is 6.07 Å². The van der Waals surface area contributed by atoms with Gasteiger partial charge in [-0.2, -0.15) is 0 Å². The van der Waals surface area contributed by atoms with Gasteiger partial charge < -0.3 is 15.1 Å². The number of benzene rings is 1. The van der Waals surface area contributed by atoms with Gasteiger partial charge in [-0.25, -0.2) is 9.18 Å². The molecule has 1 aromatic carbocycles. The number of hydrogen-bond acceptors (Lipinski definition) is 3. The van der Waals surface area contributed by atoms with E-state index in [1.807, 2.05) is 0 Å². The summed E-state index contributed by atoms with van der Waals surface area (Å²) in [4.78, 5) is 23.2. The molecule has 1 atom stereocenters. The molecule has 6 heteroatoms. The second kappa shape index (κ2) is 5.48. The van der Waals surface area contributed by atoms with Gasteiger partial charge in [0.1, 0.15) is 0 Å². The van der Waals surface area contributed by atoms with E-state index in [4.69, 9.17) is 10.2 Å². The molecular formula is C12H14FNO4. The van der Waals surface area contributed by atoms with Crippen LogP contribution in [0.2, 0.25) is 0 Å². The molecular weight excluding hydrogens is 241 g/mol. The minimum atomic E-state index is -1.28. The number of carboxylic acid groups (broad SMARTS) is 1. The van der Waals surface area contributed by atoms with Crippen LogP contribution in [-0.2, 0) is 9.59 Å². The summed E-state index contributed by atoms with van der Waals surface area (Å²) in [6, 6.07) is 1.62. The van der Waals surface area contributed by atoms with Crippen LogP contribution in [0.5, 0.6) is 5.75 Å². The van der Waals surface area contributed by atoms with Crippen molar-refractivity contribution < 1.29 is 24.2 Å². The fourth-order valence-corrected chi connectivity index (χ4v) is 1.62. The molecule has 2 N–H and O–H groups in total. The average Bonchev–Trinajstić information content (AvgIpc) is 2.28. The number of nitrogens with zero attached hydrogens (tertiary/aromatic N) is 1. The number of hydrogen-bond donors (Lipinski definition) is 2. The fraction of sp³-hybridized carbons (Fsp3) is 0.333. The van der Waals surface area contributed by atoms with Crippen LogP contribution in [0.1, 0.15) is 25.5 Å². The largest absolute Gasteiger partial charge is 0.505 e. The maximum atomic E-state index is 13.2. The number of carbonyl (C=O) groups is 2. The van der Waals surface area contributed by atoms with Gasteiger partial charge in [0, 0.05) is 6.04 Å². The summed E-state index contributed by atoms with van der Waals surface area (Å²) in [5.74, 6) is -2.75. The maximum Gasteiger partial charge on any atom is 0.331 e. The molecule has 5 nitrogen and oxygen atoms in total. The smallest absolute Gasteiger partial charge is 0.331 e. The Morgan fingerprint density at radius 2 is 2.06 bits per heavy atom. The van der Waals surface area contributed by atoms with Crippen molar-refractivity contribution in [2.45, 2.75) is 25.9 Å². The van der Waals surface area contributed by atoms with Crippen LogP contribution in [-0.4, -0.2) is 33.5 Å². The highest BCUT2D eigenvalue weighted by molar-refractivity contribution is 5.78. The molecule has 0 bridgehead atoms. The summed E-state index contributed by atoms with van der Waals surface area (Å²) in [7, 11) is 0. The second-order valence-corrected chi connectivity index (χ2v) is 4.10. The van der Waals surface area contributed by atoms with Gasteiger partial charge in [0.25, 0.3) is 0 Å². The third-order valence-corrected chi connectivity index (χ3v) is 2.54. The number of carbonyl (C=O) groups excluding carboxylic acids is 1. The Kier molecular flexibility index (Phi) is 4.25. The van der Waals surface area contributed by atoms with Crippen molar-refractivity contribution in [1.29, 1.82) is 0 Å². The molecule has 0 saturated carbocycles. The van der Waals surface area contributed by atoms with Crippen molar-refractivity contribution in [2.24, 2.45) is 0 Å². The van der Waals surface area contributed by atoms with Crippen molar-refractivity contribution in [3.63, 3.8) is 0 Å². The van der Waals surface area contributed by atoms with E-state index in [0.717, 1.165) is 17.0 Å². The standard InChI is InChI=1S/C12H14FNO4/c1-7(2)14(6-15)11(12(17)18)8-3-4-10(16)9(13)5-8/h3-7,11,16H,1-2H3,(H,17,18). The lowest BCUT2D eigenvalue weighted by Gasteiger charge is -2.28. The van der Waals surface area contributed by atoms with Crippen LogP contribution in [0.4, 0.5) is 4.39 Å². The normalized spacial score (nSPS) is 12.2. The Hall–Kier alpha value is -2.11. The lowest BCUT2D eigenvalue weighted by Crippen LogP contribution is -2.38.